The van der Waals surface area contributed by atoms with Crippen molar-refractivity contribution in [2.24, 2.45) is 0 Å². The zero-order chi connectivity index (χ0) is 19.6. The fourth-order valence-corrected chi connectivity index (χ4v) is 3.55. The lowest BCUT2D eigenvalue weighted by molar-refractivity contribution is -0.127. The van der Waals surface area contributed by atoms with E-state index < -0.39 is 0 Å². The van der Waals surface area contributed by atoms with E-state index >= 15 is 0 Å². The molecule has 1 aliphatic rings. The molecule has 2 aromatic carbocycles. The number of carbonyl (C=O) groups is 2. The van der Waals surface area contributed by atoms with Crippen LogP contribution < -0.4 is 5.32 Å². The van der Waals surface area contributed by atoms with Gasteiger partial charge in [0.1, 0.15) is 0 Å². The van der Waals surface area contributed by atoms with E-state index in [2.05, 4.69) is 34.5 Å². The molecule has 0 bridgehead atoms. The van der Waals surface area contributed by atoms with Gasteiger partial charge < -0.3 is 10.2 Å². The largest absolute Gasteiger partial charge is 0.355 e. The Morgan fingerprint density at radius 3 is 2.11 bits per heavy atom. The quantitative estimate of drug-likeness (QED) is 0.646. The Hall–Kier alpha value is -2.66. The smallest absolute Gasteiger partial charge is 0.234 e. The SMILES string of the molecule is O=C(CN(Cc1ccccc1)Cc1ccccc1)NCCCN1CCCC1=O. The lowest BCUT2D eigenvalue weighted by Crippen LogP contribution is -2.38. The van der Waals surface area contributed by atoms with E-state index in [0.29, 0.717) is 19.5 Å². The van der Waals surface area contributed by atoms with Crippen molar-refractivity contribution in [1.82, 2.24) is 15.1 Å². The van der Waals surface area contributed by atoms with E-state index in [-0.39, 0.29) is 11.8 Å². The number of carbonyl (C=O) groups excluding carboxylic acids is 2. The van der Waals surface area contributed by atoms with Gasteiger partial charge >= 0.3 is 0 Å². The second-order valence-electron chi connectivity index (χ2n) is 7.30. The fraction of sp³-hybridized carbons (Fsp3) is 0.391. The topological polar surface area (TPSA) is 52.7 Å². The summed E-state index contributed by atoms with van der Waals surface area (Å²) in [6.45, 7) is 4.00. The first-order chi connectivity index (χ1) is 13.7. The highest BCUT2D eigenvalue weighted by Gasteiger charge is 2.19. The minimum Gasteiger partial charge on any atom is -0.355 e. The fourth-order valence-electron chi connectivity index (χ4n) is 3.55. The van der Waals surface area contributed by atoms with Crippen molar-refractivity contribution in [3.8, 4) is 0 Å². The van der Waals surface area contributed by atoms with Crippen LogP contribution in [-0.2, 0) is 22.7 Å². The van der Waals surface area contributed by atoms with Crippen molar-refractivity contribution in [1.29, 1.82) is 0 Å². The van der Waals surface area contributed by atoms with Crippen molar-refractivity contribution in [2.75, 3.05) is 26.2 Å². The summed E-state index contributed by atoms with van der Waals surface area (Å²) in [5.74, 6) is 0.267. The molecule has 148 valence electrons. The van der Waals surface area contributed by atoms with E-state index in [0.717, 1.165) is 39.0 Å². The average Bonchev–Trinajstić information content (AvgIpc) is 3.11. The van der Waals surface area contributed by atoms with Crippen LogP contribution in [0.4, 0.5) is 0 Å². The summed E-state index contributed by atoms with van der Waals surface area (Å²) in [5.41, 5.74) is 2.39. The third-order valence-electron chi connectivity index (χ3n) is 4.96. The Labute approximate surface area is 167 Å². The highest BCUT2D eigenvalue weighted by atomic mass is 16.2. The van der Waals surface area contributed by atoms with Crippen LogP contribution in [0.25, 0.3) is 0 Å². The van der Waals surface area contributed by atoms with Gasteiger partial charge in [-0.2, -0.15) is 0 Å². The molecular formula is C23H29N3O2. The lowest BCUT2D eigenvalue weighted by atomic mass is 10.1. The Morgan fingerprint density at radius 1 is 0.964 bits per heavy atom. The van der Waals surface area contributed by atoms with Crippen molar-refractivity contribution in [3.63, 3.8) is 0 Å². The second-order valence-corrected chi connectivity index (χ2v) is 7.30. The molecule has 0 spiro atoms. The molecule has 1 fully saturated rings. The van der Waals surface area contributed by atoms with Crippen LogP contribution in [0.15, 0.2) is 60.7 Å². The Kier molecular flexibility index (Phi) is 7.62. The first kappa shape index (κ1) is 20.1. The molecule has 0 saturated carbocycles. The van der Waals surface area contributed by atoms with Crippen LogP contribution >= 0.6 is 0 Å². The Balaban J connectivity index is 1.48. The van der Waals surface area contributed by atoms with E-state index in [1.54, 1.807) is 0 Å². The van der Waals surface area contributed by atoms with E-state index in [9.17, 15) is 9.59 Å². The Bertz CT molecular complexity index is 707. The van der Waals surface area contributed by atoms with Gasteiger partial charge in [-0.05, 0) is 24.0 Å². The normalized spacial score (nSPS) is 13.9. The number of nitrogens with zero attached hydrogens (tertiary/aromatic N) is 2. The van der Waals surface area contributed by atoms with Crippen LogP contribution in [0.1, 0.15) is 30.4 Å². The maximum absolute atomic E-state index is 12.5. The zero-order valence-electron chi connectivity index (χ0n) is 16.3. The predicted molar refractivity (Wildman–Crippen MR) is 110 cm³/mol. The molecule has 0 unspecified atom stereocenters. The molecule has 1 saturated heterocycles. The minimum atomic E-state index is 0.0274. The lowest BCUT2D eigenvalue weighted by Gasteiger charge is -2.22. The third kappa shape index (κ3) is 6.50. The summed E-state index contributed by atoms with van der Waals surface area (Å²) in [5, 5.41) is 3.00. The zero-order valence-corrected chi connectivity index (χ0v) is 16.3. The molecule has 1 aliphatic heterocycles. The van der Waals surface area contributed by atoms with Gasteiger partial charge in [-0.1, -0.05) is 60.7 Å². The van der Waals surface area contributed by atoms with Crippen LogP contribution in [0.3, 0.4) is 0 Å². The monoisotopic (exact) mass is 379 g/mol. The molecule has 2 amide bonds. The molecule has 3 rings (SSSR count). The number of rotatable bonds is 10. The Morgan fingerprint density at radius 2 is 1.57 bits per heavy atom. The molecule has 0 aromatic heterocycles. The first-order valence-corrected chi connectivity index (χ1v) is 10.1. The van der Waals surface area contributed by atoms with Gasteiger partial charge in [0.05, 0.1) is 6.54 Å². The standard InChI is InChI=1S/C23H29N3O2/c27-22(24-14-8-16-26-15-7-13-23(26)28)19-25(17-20-9-3-1-4-10-20)18-21-11-5-2-6-12-21/h1-6,9-12H,7-8,13-19H2,(H,24,27). The average molecular weight is 380 g/mol. The van der Waals surface area contributed by atoms with Crippen LogP contribution in [0.5, 0.6) is 0 Å². The van der Waals surface area contributed by atoms with Crippen molar-refractivity contribution in [3.05, 3.63) is 71.8 Å². The van der Waals surface area contributed by atoms with Crippen molar-refractivity contribution < 1.29 is 9.59 Å². The van der Waals surface area contributed by atoms with E-state index in [1.165, 1.54) is 11.1 Å². The van der Waals surface area contributed by atoms with Crippen LogP contribution in [-0.4, -0.2) is 47.8 Å². The van der Waals surface area contributed by atoms with Crippen molar-refractivity contribution >= 4 is 11.8 Å². The summed E-state index contributed by atoms with van der Waals surface area (Å²) >= 11 is 0. The molecule has 0 aliphatic carbocycles. The maximum atomic E-state index is 12.5. The first-order valence-electron chi connectivity index (χ1n) is 10.1. The van der Waals surface area contributed by atoms with Crippen LogP contribution in [0.2, 0.25) is 0 Å². The van der Waals surface area contributed by atoms with Gasteiger partial charge in [0, 0.05) is 39.1 Å². The molecule has 28 heavy (non-hydrogen) atoms. The molecule has 5 heteroatoms. The molecule has 1 heterocycles. The van der Waals surface area contributed by atoms with E-state index in [4.69, 9.17) is 0 Å². The summed E-state index contributed by atoms with van der Waals surface area (Å²) in [6.07, 6.45) is 2.42. The number of hydrogen-bond acceptors (Lipinski definition) is 3. The summed E-state index contributed by atoms with van der Waals surface area (Å²) in [4.78, 5) is 28.1. The highest BCUT2D eigenvalue weighted by molar-refractivity contribution is 5.78. The number of nitrogens with one attached hydrogen (secondary N) is 1. The van der Waals surface area contributed by atoms with Gasteiger partial charge in [0.25, 0.3) is 0 Å². The predicted octanol–water partition coefficient (Wildman–Crippen LogP) is 2.82. The van der Waals surface area contributed by atoms with Crippen LogP contribution in [0, 0.1) is 0 Å². The van der Waals surface area contributed by atoms with E-state index in [1.807, 2.05) is 41.3 Å². The summed E-state index contributed by atoms with van der Waals surface area (Å²) in [6, 6.07) is 20.4. The second kappa shape index (κ2) is 10.6. The molecular weight excluding hydrogens is 350 g/mol. The maximum Gasteiger partial charge on any atom is 0.234 e. The molecule has 0 radical (unpaired) electrons. The molecule has 0 atom stereocenters. The minimum absolute atomic E-state index is 0.0274. The van der Waals surface area contributed by atoms with Gasteiger partial charge in [-0.25, -0.2) is 0 Å². The van der Waals surface area contributed by atoms with Gasteiger partial charge in [-0.15, -0.1) is 0 Å². The number of benzene rings is 2. The summed E-state index contributed by atoms with van der Waals surface area (Å²) in [7, 11) is 0. The number of amides is 2. The summed E-state index contributed by atoms with van der Waals surface area (Å²) < 4.78 is 0. The number of hydrogen-bond donors (Lipinski definition) is 1. The third-order valence-corrected chi connectivity index (χ3v) is 4.96. The number of likely N-dealkylation sites (tertiary alicyclic amines) is 1. The molecule has 2 aromatic rings. The van der Waals surface area contributed by atoms with Gasteiger partial charge in [0.15, 0.2) is 0 Å². The van der Waals surface area contributed by atoms with Gasteiger partial charge in [0.2, 0.25) is 11.8 Å². The molecule has 5 nitrogen and oxygen atoms in total. The van der Waals surface area contributed by atoms with Gasteiger partial charge in [-0.3, -0.25) is 14.5 Å². The highest BCUT2D eigenvalue weighted by Crippen LogP contribution is 2.10. The van der Waals surface area contributed by atoms with Crippen molar-refractivity contribution in [2.45, 2.75) is 32.4 Å². The molecule has 1 N–H and O–H groups in total.